The number of aliphatic hydroxyl groups is 1. The van der Waals surface area contributed by atoms with E-state index in [9.17, 15) is 9.59 Å². The van der Waals surface area contributed by atoms with E-state index in [-0.39, 0.29) is 12.6 Å². The van der Waals surface area contributed by atoms with Gasteiger partial charge >= 0.3 is 5.97 Å². The number of nitrogens with one attached hydrogen (secondary N) is 1. The molecule has 1 unspecified atom stereocenters. The van der Waals surface area contributed by atoms with Gasteiger partial charge in [-0.15, -0.1) is 0 Å². The summed E-state index contributed by atoms with van der Waals surface area (Å²) in [5, 5.41) is 11.7. The molecule has 14 heavy (non-hydrogen) atoms. The fourth-order valence-electron chi connectivity index (χ4n) is 0.837. The molecule has 0 bridgehead atoms. The van der Waals surface area contributed by atoms with E-state index in [1.165, 1.54) is 0 Å². The molecule has 1 atom stereocenters. The van der Waals surface area contributed by atoms with Crippen molar-refractivity contribution in [1.29, 1.82) is 0 Å². The van der Waals surface area contributed by atoms with Crippen molar-refractivity contribution in [2.45, 2.75) is 25.9 Å². The maximum absolute atomic E-state index is 10.9. The lowest BCUT2D eigenvalue weighted by Gasteiger charge is -2.15. The third-order valence-corrected chi connectivity index (χ3v) is 1.60. The predicted octanol–water partition coefficient (Wildman–Crippen LogP) is -0.521. The highest BCUT2D eigenvalue weighted by molar-refractivity contribution is 5.69. The Hall–Kier alpha value is -0.940. The van der Waals surface area contributed by atoms with Crippen molar-refractivity contribution >= 4 is 12.3 Å². The number of aldehydes is 1. The SMILES string of the molecule is CCC(=O)OC(CO)CNCCC=O. The summed E-state index contributed by atoms with van der Waals surface area (Å²) in [6, 6.07) is 0. The lowest BCUT2D eigenvalue weighted by Crippen LogP contribution is -2.34. The second kappa shape index (κ2) is 8.65. The zero-order chi connectivity index (χ0) is 10.8. The van der Waals surface area contributed by atoms with E-state index in [0.717, 1.165) is 6.29 Å². The third-order valence-electron chi connectivity index (χ3n) is 1.60. The van der Waals surface area contributed by atoms with Gasteiger partial charge in [0.1, 0.15) is 12.4 Å². The van der Waals surface area contributed by atoms with E-state index in [0.29, 0.717) is 25.9 Å². The molecule has 0 fully saturated rings. The number of hydrogen-bond donors (Lipinski definition) is 2. The number of esters is 1. The van der Waals surface area contributed by atoms with Gasteiger partial charge in [-0.1, -0.05) is 6.92 Å². The van der Waals surface area contributed by atoms with Crippen molar-refractivity contribution in [1.82, 2.24) is 5.32 Å². The molecule has 2 N–H and O–H groups in total. The molecule has 5 nitrogen and oxygen atoms in total. The Kier molecular flexibility index (Phi) is 8.07. The smallest absolute Gasteiger partial charge is 0.305 e. The average molecular weight is 203 g/mol. The summed E-state index contributed by atoms with van der Waals surface area (Å²) in [6.07, 6.45) is 0.998. The quantitative estimate of drug-likeness (QED) is 0.315. The van der Waals surface area contributed by atoms with Crippen LogP contribution in [0.4, 0.5) is 0 Å². The highest BCUT2D eigenvalue weighted by atomic mass is 16.6. The van der Waals surface area contributed by atoms with Crippen LogP contribution < -0.4 is 5.32 Å². The lowest BCUT2D eigenvalue weighted by atomic mass is 10.3. The summed E-state index contributed by atoms with van der Waals surface area (Å²) in [7, 11) is 0. The summed E-state index contributed by atoms with van der Waals surface area (Å²) in [5.74, 6) is -0.332. The Labute approximate surface area is 83.4 Å². The van der Waals surface area contributed by atoms with Crippen LogP contribution in [0.25, 0.3) is 0 Å². The van der Waals surface area contributed by atoms with E-state index in [2.05, 4.69) is 5.32 Å². The van der Waals surface area contributed by atoms with Crippen LogP contribution in [0.5, 0.6) is 0 Å². The van der Waals surface area contributed by atoms with Crippen LogP contribution in [0.1, 0.15) is 19.8 Å². The first-order chi connectivity index (χ1) is 6.74. The zero-order valence-electron chi connectivity index (χ0n) is 8.36. The molecular formula is C9H17NO4. The van der Waals surface area contributed by atoms with E-state index < -0.39 is 6.10 Å². The standard InChI is InChI=1S/C9H17NO4/c1-2-9(13)14-8(7-12)6-10-4-3-5-11/h5,8,10,12H,2-4,6-7H2,1H3. The van der Waals surface area contributed by atoms with Crippen LogP contribution in [0.2, 0.25) is 0 Å². The van der Waals surface area contributed by atoms with Crippen molar-refractivity contribution in [3.63, 3.8) is 0 Å². The molecule has 0 radical (unpaired) electrons. The number of rotatable bonds is 8. The molecule has 0 saturated heterocycles. The van der Waals surface area contributed by atoms with Crippen LogP contribution in [0, 0.1) is 0 Å². The molecule has 0 spiro atoms. The van der Waals surface area contributed by atoms with E-state index in [4.69, 9.17) is 9.84 Å². The maximum atomic E-state index is 10.9. The second-order valence-electron chi connectivity index (χ2n) is 2.81. The summed E-state index contributed by atoms with van der Waals surface area (Å²) in [4.78, 5) is 20.8. The van der Waals surface area contributed by atoms with Crippen molar-refractivity contribution in [2.75, 3.05) is 19.7 Å². The molecule has 0 heterocycles. The molecule has 0 aromatic carbocycles. The molecule has 0 saturated carbocycles. The molecule has 0 rings (SSSR count). The fraction of sp³-hybridized carbons (Fsp3) is 0.778. The van der Waals surface area contributed by atoms with Gasteiger partial charge in [-0.05, 0) is 0 Å². The van der Waals surface area contributed by atoms with E-state index in [1.54, 1.807) is 6.92 Å². The summed E-state index contributed by atoms with van der Waals surface area (Å²) in [5.41, 5.74) is 0. The minimum Gasteiger partial charge on any atom is -0.459 e. The molecule has 0 aliphatic carbocycles. The van der Waals surface area contributed by atoms with Crippen molar-refractivity contribution in [3.8, 4) is 0 Å². The third kappa shape index (κ3) is 6.56. The van der Waals surface area contributed by atoms with Crippen LogP contribution in [-0.2, 0) is 14.3 Å². The first kappa shape index (κ1) is 13.1. The number of ether oxygens (including phenoxy) is 1. The molecule has 0 aromatic heterocycles. The monoisotopic (exact) mass is 203 g/mol. The molecule has 0 aliphatic rings. The first-order valence-electron chi connectivity index (χ1n) is 4.69. The van der Waals surface area contributed by atoms with Crippen LogP contribution in [0.3, 0.4) is 0 Å². The Balaban J connectivity index is 3.57. The van der Waals surface area contributed by atoms with Crippen LogP contribution in [0.15, 0.2) is 0 Å². The second-order valence-corrected chi connectivity index (χ2v) is 2.81. The molecule has 82 valence electrons. The van der Waals surface area contributed by atoms with Gasteiger partial charge in [-0.2, -0.15) is 0 Å². The number of carbonyl (C=O) groups excluding carboxylic acids is 2. The fourth-order valence-corrected chi connectivity index (χ4v) is 0.837. The minimum atomic E-state index is -0.519. The Morgan fingerprint density at radius 3 is 2.86 bits per heavy atom. The topological polar surface area (TPSA) is 75.6 Å². The Morgan fingerprint density at radius 2 is 2.36 bits per heavy atom. The van der Waals surface area contributed by atoms with Gasteiger partial charge in [0.05, 0.1) is 6.61 Å². The van der Waals surface area contributed by atoms with Crippen molar-refractivity contribution in [2.24, 2.45) is 0 Å². The van der Waals surface area contributed by atoms with Crippen molar-refractivity contribution < 1.29 is 19.4 Å². The number of carbonyl (C=O) groups is 2. The van der Waals surface area contributed by atoms with Gasteiger partial charge in [0.2, 0.25) is 0 Å². The van der Waals surface area contributed by atoms with Gasteiger partial charge in [0.25, 0.3) is 0 Å². The molecule has 0 aliphatic heterocycles. The number of aliphatic hydroxyl groups excluding tert-OH is 1. The van der Waals surface area contributed by atoms with Gasteiger partial charge in [0, 0.05) is 25.9 Å². The average Bonchev–Trinajstić information content (AvgIpc) is 2.22. The summed E-state index contributed by atoms with van der Waals surface area (Å²) in [6.45, 7) is 2.39. The molecule has 5 heteroatoms. The van der Waals surface area contributed by atoms with Crippen molar-refractivity contribution in [3.05, 3.63) is 0 Å². The Morgan fingerprint density at radius 1 is 1.64 bits per heavy atom. The highest BCUT2D eigenvalue weighted by Crippen LogP contribution is 1.93. The molecule has 0 amide bonds. The van der Waals surface area contributed by atoms with E-state index >= 15 is 0 Å². The maximum Gasteiger partial charge on any atom is 0.305 e. The van der Waals surface area contributed by atoms with Gasteiger partial charge in [-0.25, -0.2) is 0 Å². The van der Waals surface area contributed by atoms with Gasteiger partial charge < -0.3 is 20.0 Å². The Bertz CT molecular complexity index is 172. The first-order valence-corrected chi connectivity index (χ1v) is 4.69. The lowest BCUT2D eigenvalue weighted by molar-refractivity contribution is -0.150. The highest BCUT2D eigenvalue weighted by Gasteiger charge is 2.10. The van der Waals surface area contributed by atoms with E-state index in [1.807, 2.05) is 0 Å². The molecule has 0 aromatic rings. The van der Waals surface area contributed by atoms with Gasteiger partial charge in [0.15, 0.2) is 0 Å². The van der Waals surface area contributed by atoms with Crippen LogP contribution >= 0.6 is 0 Å². The van der Waals surface area contributed by atoms with Gasteiger partial charge in [-0.3, -0.25) is 4.79 Å². The largest absolute Gasteiger partial charge is 0.459 e. The predicted molar refractivity (Wildman–Crippen MR) is 50.8 cm³/mol. The normalized spacial score (nSPS) is 12.1. The summed E-state index contributed by atoms with van der Waals surface area (Å²) < 4.78 is 4.89. The number of hydrogen-bond acceptors (Lipinski definition) is 5. The zero-order valence-corrected chi connectivity index (χ0v) is 8.36. The van der Waals surface area contributed by atoms with Crippen LogP contribution in [-0.4, -0.2) is 43.2 Å². The minimum absolute atomic E-state index is 0.209. The molecular weight excluding hydrogens is 186 g/mol. The summed E-state index contributed by atoms with van der Waals surface area (Å²) >= 11 is 0.